The quantitative estimate of drug-likeness (QED) is 0.721. The summed E-state index contributed by atoms with van der Waals surface area (Å²) >= 11 is 0. The number of hydrogen-bond donors (Lipinski definition) is 3. The molecule has 6 nitrogen and oxygen atoms in total. The van der Waals surface area contributed by atoms with E-state index in [2.05, 4.69) is 5.32 Å². The van der Waals surface area contributed by atoms with Gasteiger partial charge in [0.2, 0.25) is 0 Å². The number of aromatic nitrogens is 1. The summed E-state index contributed by atoms with van der Waals surface area (Å²) in [6, 6.07) is 0.466. The van der Waals surface area contributed by atoms with Crippen LogP contribution in [-0.4, -0.2) is 23.3 Å². The highest BCUT2D eigenvalue weighted by molar-refractivity contribution is 6.39. The fraction of sp³-hybridized carbons (Fsp3) is 0.462. The fourth-order valence-corrected chi connectivity index (χ4v) is 1.35. The molecule has 1 aromatic rings. The summed E-state index contributed by atoms with van der Waals surface area (Å²) in [6.07, 6.45) is -4.20. The molecule has 0 aliphatic carbocycles. The van der Waals surface area contributed by atoms with Gasteiger partial charge in [-0.05, 0) is 11.5 Å². The molecular weight excluding hydrogens is 303 g/mol. The lowest BCUT2D eigenvalue weighted by Gasteiger charge is -2.18. The van der Waals surface area contributed by atoms with Gasteiger partial charge in [0.05, 0.1) is 5.56 Å². The molecule has 0 atom stereocenters. The first kappa shape index (κ1) is 17.7. The number of H-pyrrole nitrogens is 1. The van der Waals surface area contributed by atoms with E-state index in [1.165, 1.54) is 0 Å². The van der Waals surface area contributed by atoms with E-state index in [1.54, 1.807) is 0 Å². The van der Waals surface area contributed by atoms with Gasteiger partial charge in [-0.25, -0.2) is 0 Å². The number of halogens is 3. The number of pyridine rings is 1. The highest BCUT2D eigenvalue weighted by Crippen LogP contribution is 2.29. The molecule has 0 aliphatic rings. The van der Waals surface area contributed by atoms with Crippen molar-refractivity contribution in [2.45, 2.75) is 26.9 Å². The minimum Gasteiger partial charge on any atom is -0.347 e. The third kappa shape index (κ3) is 5.23. The molecule has 1 aromatic heterocycles. The van der Waals surface area contributed by atoms with Gasteiger partial charge in [0.25, 0.3) is 5.56 Å². The first-order chi connectivity index (χ1) is 9.90. The third-order valence-corrected chi connectivity index (χ3v) is 2.46. The van der Waals surface area contributed by atoms with Crippen molar-refractivity contribution in [2.24, 2.45) is 5.41 Å². The zero-order valence-corrected chi connectivity index (χ0v) is 12.2. The van der Waals surface area contributed by atoms with Crippen LogP contribution in [-0.2, 0) is 15.8 Å². The van der Waals surface area contributed by atoms with Crippen LogP contribution in [0.2, 0.25) is 0 Å². The maximum Gasteiger partial charge on any atom is 0.417 e. The Balaban J connectivity index is 2.84. The molecule has 22 heavy (non-hydrogen) atoms. The number of nitrogens with one attached hydrogen (secondary N) is 3. The van der Waals surface area contributed by atoms with E-state index in [9.17, 15) is 27.6 Å². The van der Waals surface area contributed by atoms with Crippen LogP contribution >= 0.6 is 0 Å². The normalized spacial score (nSPS) is 11.9. The van der Waals surface area contributed by atoms with E-state index in [1.807, 2.05) is 31.1 Å². The molecular formula is C13H16F3N3O3. The molecule has 0 spiro atoms. The number of carbonyl (C=O) groups is 2. The summed E-state index contributed by atoms with van der Waals surface area (Å²) in [7, 11) is 0. The first-order valence-corrected chi connectivity index (χ1v) is 6.29. The largest absolute Gasteiger partial charge is 0.417 e. The van der Waals surface area contributed by atoms with E-state index >= 15 is 0 Å². The van der Waals surface area contributed by atoms with Gasteiger partial charge in [0.15, 0.2) is 0 Å². The van der Waals surface area contributed by atoms with Crippen molar-refractivity contribution in [2.75, 3.05) is 11.9 Å². The zero-order valence-electron chi connectivity index (χ0n) is 12.2. The maximum absolute atomic E-state index is 12.5. The number of carbonyl (C=O) groups excluding carboxylic acids is 2. The lowest BCUT2D eigenvalue weighted by molar-refractivity contribution is -0.137. The summed E-state index contributed by atoms with van der Waals surface area (Å²) in [6.45, 7) is 5.66. The Bertz CT molecular complexity index is 630. The average Bonchev–Trinajstić information content (AvgIpc) is 2.36. The molecule has 2 amide bonds. The van der Waals surface area contributed by atoms with E-state index in [4.69, 9.17) is 0 Å². The van der Waals surface area contributed by atoms with Crippen LogP contribution in [0.25, 0.3) is 0 Å². The second-order valence-electron chi connectivity index (χ2n) is 5.83. The molecule has 0 radical (unpaired) electrons. The van der Waals surface area contributed by atoms with Crippen LogP contribution in [0.5, 0.6) is 0 Å². The lowest BCUT2D eigenvalue weighted by atomic mass is 9.97. The molecule has 0 unspecified atom stereocenters. The van der Waals surface area contributed by atoms with Crippen molar-refractivity contribution in [3.63, 3.8) is 0 Å². The van der Waals surface area contributed by atoms with E-state index < -0.39 is 34.8 Å². The highest BCUT2D eigenvalue weighted by atomic mass is 19.4. The second kappa shape index (κ2) is 6.20. The van der Waals surface area contributed by atoms with Crippen molar-refractivity contribution < 1.29 is 22.8 Å². The zero-order chi connectivity index (χ0) is 17.1. The maximum atomic E-state index is 12.5. The minimum atomic E-state index is -4.68. The van der Waals surface area contributed by atoms with Gasteiger partial charge in [-0.15, -0.1) is 0 Å². The Labute approximate surface area is 124 Å². The van der Waals surface area contributed by atoms with E-state index in [0.29, 0.717) is 12.3 Å². The number of hydrogen-bond acceptors (Lipinski definition) is 3. The first-order valence-electron chi connectivity index (χ1n) is 6.29. The van der Waals surface area contributed by atoms with Crippen molar-refractivity contribution in [1.29, 1.82) is 0 Å². The lowest BCUT2D eigenvalue weighted by Crippen LogP contribution is -2.40. The van der Waals surface area contributed by atoms with Crippen molar-refractivity contribution in [3.05, 3.63) is 28.2 Å². The molecule has 9 heteroatoms. The highest BCUT2D eigenvalue weighted by Gasteiger charge is 2.31. The molecule has 0 aromatic carbocycles. The summed E-state index contributed by atoms with van der Waals surface area (Å²) in [5.74, 6) is -2.25. The number of rotatable bonds is 2. The number of amides is 2. The summed E-state index contributed by atoms with van der Waals surface area (Å²) in [4.78, 5) is 36.4. The smallest absolute Gasteiger partial charge is 0.347 e. The monoisotopic (exact) mass is 319 g/mol. The van der Waals surface area contributed by atoms with Gasteiger partial charge in [-0.1, -0.05) is 20.8 Å². The predicted octanol–water partition coefficient (Wildman–Crippen LogP) is 1.49. The van der Waals surface area contributed by atoms with Crippen LogP contribution in [0.4, 0.5) is 18.9 Å². The molecule has 1 heterocycles. The Morgan fingerprint density at radius 2 is 1.77 bits per heavy atom. The molecule has 0 fully saturated rings. The van der Waals surface area contributed by atoms with Crippen molar-refractivity contribution in [3.8, 4) is 0 Å². The van der Waals surface area contributed by atoms with Crippen LogP contribution in [0, 0.1) is 5.41 Å². The number of alkyl halides is 3. The predicted molar refractivity (Wildman–Crippen MR) is 73.2 cm³/mol. The second-order valence-corrected chi connectivity index (χ2v) is 5.83. The van der Waals surface area contributed by atoms with Gasteiger partial charge in [0, 0.05) is 12.7 Å². The van der Waals surface area contributed by atoms with E-state index in [0.717, 1.165) is 0 Å². The van der Waals surface area contributed by atoms with Gasteiger partial charge in [0.1, 0.15) is 5.69 Å². The summed E-state index contributed by atoms with van der Waals surface area (Å²) in [5, 5.41) is 4.19. The molecule has 0 saturated carbocycles. The Kier molecular flexibility index (Phi) is 5.00. The van der Waals surface area contributed by atoms with Crippen LogP contribution < -0.4 is 16.2 Å². The van der Waals surface area contributed by atoms with Gasteiger partial charge in [-0.2, -0.15) is 13.2 Å². The van der Waals surface area contributed by atoms with Gasteiger partial charge >= 0.3 is 18.0 Å². The molecule has 0 saturated heterocycles. The van der Waals surface area contributed by atoms with Crippen LogP contribution in [0.1, 0.15) is 26.3 Å². The minimum absolute atomic E-state index is 0.193. The van der Waals surface area contributed by atoms with Crippen molar-refractivity contribution in [1.82, 2.24) is 10.3 Å². The third-order valence-electron chi connectivity index (χ3n) is 2.46. The number of aromatic amines is 1. The topological polar surface area (TPSA) is 91.1 Å². The van der Waals surface area contributed by atoms with Crippen LogP contribution in [0.3, 0.4) is 0 Å². The SMILES string of the molecule is CC(C)(C)CNC(=O)C(=O)Nc1cc(C(F)(F)F)c[nH]c1=O. The van der Waals surface area contributed by atoms with E-state index in [-0.39, 0.29) is 12.0 Å². The van der Waals surface area contributed by atoms with Gasteiger partial charge < -0.3 is 15.6 Å². The Morgan fingerprint density at radius 3 is 2.27 bits per heavy atom. The average molecular weight is 319 g/mol. The Morgan fingerprint density at radius 1 is 1.18 bits per heavy atom. The summed E-state index contributed by atoms with van der Waals surface area (Å²) in [5.41, 5.74) is -3.00. The molecule has 0 bridgehead atoms. The Hall–Kier alpha value is -2.32. The molecule has 1 rings (SSSR count). The van der Waals surface area contributed by atoms with Crippen molar-refractivity contribution >= 4 is 17.5 Å². The molecule has 0 aliphatic heterocycles. The van der Waals surface area contributed by atoms with Crippen LogP contribution in [0.15, 0.2) is 17.1 Å². The molecule has 122 valence electrons. The molecule has 3 N–H and O–H groups in total. The fourth-order valence-electron chi connectivity index (χ4n) is 1.35. The summed E-state index contributed by atoms with van der Waals surface area (Å²) < 4.78 is 37.6. The number of anilines is 1. The standard InChI is InChI=1S/C13H16F3N3O3/c1-12(2,3)6-18-10(21)11(22)19-8-4-7(13(14,15)16)5-17-9(8)20/h4-5H,6H2,1-3H3,(H,17,20)(H,18,21)(H,19,22). The van der Waals surface area contributed by atoms with Gasteiger partial charge in [-0.3, -0.25) is 14.4 Å².